The van der Waals surface area contributed by atoms with Crippen LogP contribution in [0.1, 0.15) is 30.6 Å². The molecule has 1 unspecified atom stereocenters. The van der Waals surface area contributed by atoms with Gasteiger partial charge < -0.3 is 5.32 Å². The second-order valence-corrected chi connectivity index (χ2v) is 4.42. The maximum absolute atomic E-state index is 4.00. The van der Waals surface area contributed by atoms with Gasteiger partial charge in [-0.2, -0.15) is 0 Å². The summed E-state index contributed by atoms with van der Waals surface area (Å²) < 4.78 is 1.85. The molecule has 4 nitrogen and oxygen atoms in total. The minimum Gasteiger partial charge on any atom is -0.309 e. The highest BCUT2D eigenvalue weighted by atomic mass is 15.4. The van der Waals surface area contributed by atoms with Crippen LogP contribution in [0.2, 0.25) is 0 Å². The molecule has 2 aromatic rings. The Kier molecular flexibility index (Phi) is 4.47. The summed E-state index contributed by atoms with van der Waals surface area (Å²) >= 11 is 0. The number of nitrogens with zero attached hydrogens (tertiary/aromatic N) is 3. The smallest absolute Gasteiger partial charge is 0.0753 e. The van der Waals surface area contributed by atoms with Gasteiger partial charge in [0.25, 0.3) is 0 Å². The summed E-state index contributed by atoms with van der Waals surface area (Å²) in [6.45, 7) is 3.07. The molecular weight excluding hydrogens is 224 g/mol. The van der Waals surface area contributed by atoms with Crippen LogP contribution in [0.15, 0.2) is 36.5 Å². The second kappa shape index (κ2) is 6.31. The molecule has 0 fully saturated rings. The molecule has 0 amide bonds. The third kappa shape index (κ3) is 3.17. The first-order chi connectivity index (χ1) is 8.81. The summed E-state index contributed by atoms with van der Waals surface area (Å²) in [6.07, 6.45) is 3.96. The van der Waals surface area contributed by atoms with Gasteiger partial charge in [0.05, 0.1) is 17.9 Å². The number of hydrogen-bond donors (Lipinski definition) is 1. The van der Waals surface area contributed by atoms with Gasteiger partial charge in [0.15, 0.2) is 0 Å². The van der Waals surface area contributed by atoms with E-state index in [4.69, 9.17) is 0 Å². The van der Waals surface area contributed by atoms with Crippen LogP contribution in [0.3, 0.4) is 0 Å². The minimum absolute atomic E-state index is 0.315. The topological polar surface area (TPSA) is 42.7 Å². The summed E-state index contributed by atoms with van der Waals surface area (Å²) in [7, 11) is 1.94. The lowest BCUT2D eigenvalue weighted by molar-refractivity contribution is 0.479. The summed E-state index contributed by atoms with van der Waals surface area (Å²) in [4.78, 5) is 0. The van der Waals surface area contributed by atoms with Crippen molar-refractivity contribution >= 4 is 0 Å². The fourth-order valence-electron chi connectivity index (χ4n) is 2.17. The Morgan fingerprint density at radius 1 is 1.28 bits per heavy atom. The van der Waals surface area contributed by atoms with Crippen LogP contribution in [0.4, 0.5) is 0 Å². The van der Waals surface area contributed by atoms with Crippen LogP contribution in [-0.4, -0.2) is 21.5 Å². The Labute approximate surface area is 108 Å². The number of hydrogen-bond acceptors (Lipinski definition) is 3. The number of nitrogens with one attached hydrogen (secondary N) is 1. The van der Waals surface area contributed by atoms with Crippen LogP contribution in [-0.2, 0) is 13.5 Å². The van der Waals surface area contributed by atoms with Crippen molar-refractivity contribution in [3.63, 3.8) is 0 Å². The minimum atomic E-state index is 0.315. The Hall–Kier alpha value is -1.68. The zero-order chi connectivity index (χ0) is 12.8. The first kappa shape index (κ1) is 12.8. The molecule has 1 aromatic carbocycles. The van der Waals surface area contributed by atoms with Gasteiger partial charge in [-0.1, -0.05) is 42.5 Å². The Morgan fingerprint density at radius 2 is 2.06 bits per heavy atom. The van der Waals surface area contributed by atoms with Crippen molar-refractivity contribution in [1.29, 1.82) is 0 Å². The molecule has 2 rings (SSSR count). The third-order valence-electron chi connectivity index (χ3n) is 3.12. The van der Waals surface area contributed by atoms with E-state index in [9.17, 15) is 0 Å². The molecule has 0 aliphatic rings. The largest absolute Gasteiger partial charge is 0.309 e. The van der Waals surface area contributed by atoms with Crippen LogP contribution >= 0.6 is 0 Å². The molecule has 18 heavy (non-hydrogen) atoms. The summed E-state index contributed by atoms with van der Waals surface area (Å²) in [5.41, 5.74) is 2.52. The molecule has 0 saturated heterocycles. The summed E-state index contributed by atoms with van der Waals surface area (Å²) in [5, 5.41) is 11.4. The number of aromatic nitrogens is 3. The van der Waals surface area contributed by atoms with E-state index in [0.717, 1.165) is 25.1 Å². The van der Waals surface area contributed by atoms with Crippen molar-refractivity contribution in [2.75, 3.05) is 6.54 Å². The van der Waals surface area contributed by atoms with Crippen LogP contribution in [0.5, 0.6) is 0 Å². The first-order valence-electron chi connectivity index (χ1n) is 6.43. The van der Waals surface area contributed by atoms with Crippen LogP contribution in [0, 0.1) is 0 Å². The van der Waals surface area contributed by atoms with Gasteiger partial charge in [-0.15, -0.1) is 5.10 Å². The second-order valence-electron chi connectivity index (χ2n) is 4.42. The maximum atomic E-state index is 4.00. The van der Waals surface area contributed by atoms with Gasteiger partial charge in [-0.05, 0) is 24.9 Å². The van der Waals surface area contributed by atoms with E-state index in [0.29, 0.717) is 6.04 Å². The normalized spacial score (nSPS) is 12.6. The zero-order valence-corrected chi connectivity index (χ0v) is 11.0. The Balaban J connectivity index is 2.01. The lowest BCUT2D eigenvalue weighted by Crippen LogP contribution is -2.23. The van der Waals surface area contributed by atoms with Crippen LogP contribution in [0.25, 0.3) is 0 Å². The molecular formula is C14H20N4. The molecule has 1 aromatic heterocycles. The molecule has 96 valence electrons. The Bertz CT molecular complexity index is 464. The SMILES string of the molecule is CCNC(CCc1ccccc1)c1cnnn1C. The van der Waals surface area contributed by atoms with Gasteiger partial charge in [0.1, 0.15) is 0 Å². The van der Waals surface area contributed by atoms with Crippen LogP contribution < -0.4 is 5.32 Å². The average Bonchev–Trinajstić information content (AvgIpc) is 2.82. The monoisotopic (exact) mass is 244 g/mol. The Morgan fingerprint density at radius 3 is 2.67 bits per heavy atom. The third-order valence-corrected chi connectivity index (χ3v) is 3.12. The van der Waals surface area contributed by atoms with Gasteiger partial charge in [0, 0.05) is 7.05 Å². The highest BCUT2D eigenvalue weighted by Gasteiger charge is 2.14. The quantitative estimate of drug-likeness (QED) is 0.846. The standard InChI is InChI=1S/C14H20N4/c1-3-15-13(14-11-16-17-18(14)2)10-9-12-7-5-4-6-8-12/h4-8,11,13,15H,3,9-10H2,1-2H3. The van der Waals surface area contributed by atoms with Gasteiger partial charge >= 0.3 is 0 Å². The predicted octanol–water partition coefficient (Wildman–Crippen LogP) is 2.10. The first-order valence-corrected chi connectivity index (χ1v) is 6.43. The van der Waals surface area contributed by atoms with E-state index in [1.165, 1.54) is 5.56 Å². The molecule has 1 heterocycles. The number of aryl methyl sites for hydroxylation is 2. The fourth-order valence-corrected chi connectivity index (χ4v) is 2.17. The van der Waals surface area contributed by atoms with E-state index in [-0.39, 0.29) is 0 Å². The molecule has 1 atom stereocenters. The van der Waals surface area contributed by atoms with E-state index in [2.05, 4.69) is 52.9 Å². The lowest BCUT2D eigenvalue weighted by atomic mass is 10.0. The van der Waals surface area contributed by atoms with Gasteiger partial charge in [0.2, 0.25) is 0 Å². The summed E-state index contributed by atoms with van der Waals surface area (Å²) in [5.74, 6) is 0. The molecule has 0 saturated carbocycles. The van der Waals surface area contributed by atoms with E-state index in [1.807, 2.05) is 17.9 Å². The van der Waals surface area contributed by atoms with E-state index < -0.39 is 0 Å². The van der Waals surface area contributed by atoms with E-state index >= 15 is 0 Å². The van der Waals surface area contributed by atoms with Crippen molar-refractivity contribution in [2.24, 2.45) is 7.05 Å². The predicted molar refractivity (Wildman–Crippen MR) is 72.2 cm³/mol. The fraction of sp³-hybridized carbons (Fsp3) is 0.429. The molecule has 0 radical (unpaired) electrons. The van der Waals surface area contributed by atoms with Crippen molar-refractivity contribution in [2.45, 2.75) is 25.8 Å². The van der Waals surface area contributed by atoms with Crippen molar-refractivity contribution < 1.29 is 0 Å². The molecule has 0 bridgehead atoms. The molecule has 0 aliphatic heterocycles. The van der Waals surface area contributed by atoms with Crippen molar-refractivity contribution in [3.8, 4) is 0 Å². The summed E-state index contributed by atoms with van der Waals surface area (Å²) in [6, 6.07) is 10.9. The molecule has 0 aliphatic carbocycles. The highest BCUT2D eigenvalue weighted by Crippen LogP contribution is 2.17. The maximum Gasteiger partial charge on any atom is 0.0753 e. The molecule has 0 spiro atoms. The lowest BCUT2D eigenvalue weighted by Gasteiger charge is -2.17. The zero-order valence-electron chi connectivity index (χ0n) is 11.0. The van der Waals surface area contributed by atoms with Crippen molar-refractivity contribution in [1.82, 2.24) is 20.3 Å². The number of rotatable bonds is 6. The van der Waals surface area contributed by atoms with E-state index in [1.54, 1.807) is 0 Å². The highest BCUT2D eigenvalue weighted by molar-refractivity contribution is 5.15. The average molecular weight is 244 g/mol. The van der Waals surface area contributed by atoms with Crippen molar-refractivity contribution in [3.05, 3.63) is 47.8 Å². The molecule has 1 N–H and O–H groups in total. The van der Waals surface area contributed by atoms with Gasteiger partial charge in [-0.25, -0.2) is 0 Å². The molecule has 4 heteroatoms. The van der Waals surface area contributed by atoms with Gasteiger partial charge in [-0.3, -0.25) is 4.68 Å². The number of benzene rings is 1.